The zero-order valence-electron chi connectivity index (χ0n) is 6.15. The molecule has 0 unspecified atom stereocenters. The number of hydrogen-bond donors (Lipinski definition) is 1. The molecule has 4 heteroatoms. The highest BCUT2D eigenvalue weighted by atomic mass is 16.4. The minimum Gasteiger partial charge on any atom is -0.434 e. The Morgan fingerprint density at radius 3 is 2.75 bits per heavy atom. The maximum atomic E-state index is 10.2. The van der Waals surface area contributed by atoms with Gasteiger partial charge in [0, 0.05) is 10.6 Å². The molecule has 1 aromatic heterocycles. The third-order valence-electron chi connectivity index (χ3n) is 1.70. The van der Waals surface area contributed by atoms with E-state index in [4.69, 9.17) is 10.2 Å². The number of nitrogens with two attached hydrogens (primary N) is 1. The summed E-state index contributed by atoms with van der Waals surface area (Å²) in [5.74, 6) is -0.0452. The molecule has 0 aliphatic carbocycles. The van der Waals surface area contributed by atoms with Gasteiger partial charge in [-0.25, -0.2) is 0 Å². The predicted octanol–water partition coefficient (Wildman–Crippen LogP) is 2.41. The van der Waals surface area contributed by atoms with Crippen LogP contribution in [0.5, 0.6) is 0 Å². The number of nitrogen functional groups attached to an aromatic ring is 1. The van der Waals surface area contributed by atoms with Crippen LogP contribution >= 0.6 is 0 Å². The van der Waals surface area contributed by atoms with E-state index < -0.39 is 0 Å². The van der Waals surface area contributed by atoms with Gasteiger partial charge >= 0.3 is 0 Å². The first kappa shape index (κ1) is 6.84. The van der Waals surface area contributed by atoms with Crippen molar-refractivity contribution in [2.45, 2.75) is 0 Å². The SMILES string of the molecule is Nc1c(N=O)oc2ccccc12. The number of rotatable bonds is 1. The largest absolute Gasteiger partial charge is 0.434 e. The van der Waals surface area contributed by atoms with Crippen molar-refractivity contribution in [3.63, 3.8) is 0 Å². The highest BCUT2D eigenvalue weighted by Gasteiger charge is 2.09. The summed E-state index contributed by atoms with van der Waals surface area (Å²) in [6, 6.07) is 7.14. The number of nitroso groups, excluding NO2 is 1. The Kier molecular flexibility index (Phi) is 1.33. The van der Waals surface area contributed by atoms with Crippen LogP contribution < -0.4 is 5.73 Å². The van der Waals surface area contributed by atoms with Crippen LogP contribution in [0.25, 0.3) is 11.0 Å². The van der Waals surface area contributed by atoms with Crippen LogP contribution in [0.4, 0.5) is 11.6 Å². The van der Waals surface area contributed by atoms with Gasteiger partial charge in [-0.15, -0.1) is 4.91 Å². The average molecular weight is 162 g/mol. The van der Waals surface area contributed by atoms with Gasteiger partial charge in [-0.2, -0.15) is 0 Å². The van der Waals surface area contributed by atoms with Crippen LogP contribution in [0, 0.1) is 4.91 Å². The molecule has 0 aliphatic rings. The molecule has 2 N–H and O–H groups in total. The maximum absolute atomic E-state index is 10.2. The van der Waals surface area contributed by atoms with Gasteiger partial charge in [0.2, 0.25) is 0 Å². The summed E-state index contributed by atoms with van der Waals surface area (Å²) in [5, 5.41) is 3.39. The summed E-state index contributed by atoms with van der Waals surface area (Å²) in [5.41, 5.74) is 6.46. The van der Waals surface area contributed by atoms with E-state index in [0.29, 0.717) is 11.3 Å². The molecule has 0 atom stereocenters. The highest BCUT2D eigenvalue weighted by Crippen LogP contribution is 2.33. The Morgan fingerprint density at radius 1 is 1.33 bits per heavy atom. The molecule has 0 fully saturated rings. The number of anilines is 1. The van der Waals surface area contributed by atoms with E-state index in [1.54, 1.807) is 18.2 Å². The molecule has 0 radical (unpaired) electrons. The van der Waals surface area contributed by atoms with Crippen molar-refractivity contribution < 1.29 is 4.42 Å². The van der Waals surface area contributed by atoms with Gasteiger partial charge in [-0.1, -0.05) is 12.1 Å². The molecule has 0 bridgehead atoms. The third-order valence-corrected chi connectivity index (χ3v) is 1.70. The summed E-state index contributed by atoms with van der Waals surface area (Å²) >= 11 is 0. The molecule has 1 aromatic carbocycles. The molecule has 4 nitrogen and oxygen atoms in total. The predicted molar refractivity (Wildman–Crippen MR) is 46.1 cm³/mol. The lowest BCUT2D eigenvalue weighted by Crippen LogP contribution is -1.80. The number of furan rings is 1. The first-order chi connectivity index (χ1) is 5.83. The third kappa shape index (κ3) is 0.780. The molecule has 12 heavy (non-hydrogen) atoms. The van der Waals surface area contributed by atoms with Crippen LogP contribution in [0.1, 0.15) is 0 Å². The van der Waals surface area contributed by atoms with Gasteiger partial charge in [0.25, 0.3) is 5.88 Å². The number of para-hydroxylation sites is 1. The molecule has 60 valence electrons. The van der Waals surface area contributed by atoms with E-state index in [9.17, 15) is 4.91 Å². The summed E-state index contributed by atoms with van der Waals surface area (Å²) in [6.45, 7) is 0. The van der Waals surface area contributed by atoms with Gasteiger partial charge in [-0.05, 0) is 12.1 Å². The number of fused-ring (bicyclic) bond motifs is 1. The Labute approximate surface area is 67.9 Å². The topological polar surface area (TPSA) is 68.6 Å². The summed E-state index contributed by atoms with van der Waals surface area (Å²) in [7, 11) is 0. The smallest absolute Gasteiger partial charge is 0.285 e. The Balaban J connectivity index is 2.87. The van der Waals surface area contributed by atoms with E-state index in [1.807, 2.05) is 6.07 Å². The minimum absolute atomic E-state index is 0.0452. The lowest BCUT2D eigenvalue weighted by atomic mass is 10.2. The second-order valence-corrected chi connectivity index (χ2v) is 2.41. The average Bonchev–Trinajstić information content (AvgIpc) is 2.44. The lowest BCUT2D eigenvalue weighted by Gasteiger charge is -1.84. The molecule has 0 amide bonds. The quantitative estimate of drug-likeness (QED) is 0.654. The van der Waals surface area contributed by atoms with E-state index in [2.05, 4.69) is 5.18 Å². The molecule has 2 rings (SSSR count). The first-order valence-corrected chi connectivity index (χ1v) is 3.43. The van der Waals surface area contributed by atoms with Crippen molar-refractivity contribution in [3.05, 3.63) is 29.2 Å². The Bertz CT molecular complexity index is 434. The van der Waals surface area contributed by atoms with Crippen LogP contribution in [0.2, 0.25) is 0 Å². The van der Waals surface area contributed by atoms with Crippen molar-refractivity contribution >= 4 is 22.5 Å². The molecule has 0 saturated heterocycles. The monoisotopic (exact) mass is 162 g/mol. The van der Waals surface area contributed by atoms with Crippen LogP contribution in [0.3, 0.4) is 0 Å². The fraction of sp³-hybridized carbons (Fsp3) is 0. The molecule has 0 saturated carbocycles. The Morgan fingerprint density at radius 2 is 2.08 bits per heavy atom. The summed E-state index contributed by atoms with van der Waals surface area (Å²) in [6.07, 6.45) is 0. The molecule has 1 heterocycles. The Hall–Kier alpha value is -1.84. The van der Waals surface area contributed by atoms with Gasteiger partial charge in [-0.3, -0.25) is 0 Å². The second kappa shape index (κ2) is 2.34. The van der Waals surface area contributed by atoms with E-state index >= 15 is 0 Å². The van der Waals surface area contributed by atoms with Crippen molar-refractivity contribution in [1.82, 2.24) is 0 Å². The van der Waals surface area contributed by atoms with Crippen molar-refractivity contribution in [3.8, 4) is 0 Å². The molecule has 2 aromatic rings. The van der Waals surface area contributed by atoms with Crippen LogP contribution in [-0.2, 0) is 0 Å². The van der Waals surface area contributed by atoms with Gasteiger partial charge < -0.3 is 10.2 Å². The van der Waals surface area contributed by atoms with Gasteiger partial charge in [0.1, 0.15) is 11.3 Å². The number of hydrogen-bond acceptors (Lipinski definition) is 4. The summed E-state index contributed by atoms with van der Waals surface area (Å²) in [4.78, 5) is 10.2. The summed E-state index contributed by atoms with van der Waals surface area (Å²) < 4.78 is 5.04. The highest BCUT2D eigenvalue weighted by molar-refractivity contribution is 5.94. The fourth-order valence-electron chi connectivity index (χ4n) is 1.12. The van der Waals surface area contributed by atoms with E-state index in [-0.39, 0.29) is 5.88 Å². The maximum Gasteiger partial charge on any atom is 0.285 e. The van der Waals surface area contributed by atoms with Gasteiger partial charge in [0.15, 0.2) is 0 Å². The molecule has 0 aliphatic heterocycles. The second-order valence-electron chi connectivity index (χ2n) is 2.41. The van der Waals surface area contributed by atoms with Crippen molar-refractivity contribution in [1.29, 1.82) is 0 Å². The van der Waals surface area contributed by atoms with E-state index in [1.165, 1.54) is 0 Å². The standard InChI is InChI=1S/C8H6N2O2/c9-7-5-3-1-2-4-6(5)12-8(7)10-11/h1-4H,9H2. The molecular formula is C8H6N2O2. The normalized spacial score (nSPS) is 10.3. The molecule has 0 spiro atoms. The zero-order chi connectivity index (χ0) is 8.55. The van der Waals surface area contributed by atoms with Gasteiger partial charge in [0.05, 0.1) is 0 Å². The van der Waals surface area contributed by atoms with Crippen molar-refractivity contribution in [2.75, 3.05) is 5.73 Å². The first-order valence-electron chi connectivity index (χ1n) is 3.43. The number of benzene rings is 1. The van der Waals surface area contributed by atoms with Crippen LogP contribution in [-0.4, -0.2) is 0 Å². The fourth-order valence-corrected chi connectivity index (χ4v) is 1.12. The lowest BCUT2D eigenvalue weighted by molar-refractivity contribution is 0.626. The molecular weight excluding hydrogens is 156 g/mol. The van der Waals surface area contributed by atoms with Crippen molar-refractivity contribution in [2.24, 2.45) is 5.18 Å². The number of nitrogens with zero attached hydrogens (tertiary/aromatic N) is 1. The van der Waals surface area contributed by atoms with E-state index in [0.717, 1.165) is 5.39 Å². The minimum atomic E-state index is -0.0452. The van der Waals surface area contributed by atoms with Crippen LogP contribution in [0.15, 0.2) is 33.9 Å². The zero-order valence-corrected chi connectivity index (χ0v) is 6.15.